The van der Waals surface area contributed by atoms with E-state index < -0.39 is 5.54 Å². The van der Waals surface area contributed by atoms with Crippen LogP contribution in [-0.4, -0.2) is 67.4 Å². The van der Waals surface area contributed by atoms with Gasteiger partial charge in [0.2, 0.25) is 5.91 Å². The van der Waals surface area contributed by atoms with Crippen molar-refractivity contribution in [2.45, 2.75) is 39.5 Å². The molecule has 1 aliphatic heterocycles. The second kappa shape index (κ2) is 6.50. The number of rotatable bonds is 6. The fourth-order valence-corrected chi connectivity index (χ4v) is 2.28. The zero-order valence-corrected chi connectivity index (χ0v) is 12.2. The van der Waals surface area contributed by atoms with Crippen LogP contribution in [0.15, 0.2) is 0 Å². The van der Waals surface area contributed by atoms with Crippen LogP contribution in [0, 0.1) is 0 Å². The Labute approximate surface area is 110 Å². The van der Waals surface area contributed by atoms with Crippen LogP contribution in [0.2, 0.25) is 0 Å². The number of piperazine rings is 1. The highest BCUT2D eigenvalue weighted by atomic mass is 16.7. The third-order valence-electron chi connectivity index (χ3n) is 3.44. The van der Waals surface area contributed by atoms with E-state index in [2.05, 4.69) is 4.90 Å². The molecule has 1 rings (SSSR count). The van der Waals surface area contributed by atoms with Crippen LogP contribution in [0.4, 0.5) is 0 Å². The lowest BCUT2D eigenvalue weighted by Crippen LogP contribution is -2.63. The fourth-order valence-electron chi connectivity index (χ4n) is 2.28. The van der Waals surface area contributed by atoms with Crippen molar-refractivity contribution in [2.75, 3.05) is 39.9 Å². The molecule has 0 aromatic heterocycles. The van der Waals surface area contributed by atoms with Gasteiger partial charge in [-0.2, -0.15) is 0 Å². The van der Waals surface area contributed by atoms with Gasteiger partial charge in [-0.05, 0) is 27.7 Å². The van der Waals surface area contributed by atoms with Crippen molar-refractivity contribution in [3.63, 3.8) is 0 Å². The lowest BCUT2D eigenvalue weighted by molar-refractivity contribution is -0.170. The molecule has 0 aromatic carbocycles. The molecule has 1 aliphatic rings. The van der Waals surface area contributed by atoms with Crippen LogP contribution in [0.3, 0.4) is 0 Å². The first kappa shape index (κ1) is 15.4. The van der Waals surface area contributed by atoms with Gasteiger partial charge in [0.05, 0.1) is 12.1 Å². The molecule has 1 fully saturated rings. The van der Waals surface area contributed by atoms with Crippen molar-refractivity contribution in [2.24, 2.45) is 0 Å². The standard InChI is InChI=1S/C13H26N2O3/c1-6-17-11(18-7-2)10-15-9-8-14(5)12(16)13(15,3)4/h11H,6-10H2,1-5H3. The van der Waals surface area contributed by atoms with E-state index >= 15 is 0 Å². The van der Waals surface area contributed by atoms with E-state index in [0.717, 1.165) is 13.1 Å². The summed E-state index contributed by atoms with van der Waals surface area (Å²) < 4.78 is 11.1. The Morgan fingerprint density at radius 1 is 1.22 bits per heavy atom. The highest BCUT2D eigenvalue weighted by Crippen LogP contribution is 2.22. The highest BCUT2D eigenvalue weighted by Gasteiger charge is 2.41. The molecule has 0 radical (unpaired) electrons. The van der Waals surface area contributed by atoms with E-state index in [-0.39, 0.29) is 12.2 Å². The molecule has 0 atom stereocenters. The van der Waals surface area contributed by atoms with Crippen LogP contribution in [0.5, 0.6) is 0 Å². The summed E-state index contributed by atoms with van der Waals surface area (Å²) in [6.07, 6.45) is -0.254. The molecule has 0 saturated carbocycles. The number of nitrogens with zero attached hydrogens (tertiary/aromatic N) is 2. The summed E-state index contributed by atoms with van der Waals surface area (Å²) in [5, 5.41) is 0. The first-order chi connectivity index (χ1) is 8.43. The Morgan fingerprint density at radius 3 is 2.28 bits per heavy atom. The average Bonchev–Trinajstić information content (AvgIpc) is 2.31. The van der Waals surface area contributed by atoms with E-state index in [1.165, 1.54) is 0 Å². The minimum absolute atomic E-state index is 0.153. The van der Waals surface area contributed by atoms with Gasteiger partial charge in [-0.3, -0.25) is 9.69 Å². The molecule has 1 saturated heterocycles. The largest absolute Gasteiger partial charge is 0.352 e. The van der Waals surface area contributed by atoms with E-state index in [1.54, 1.807) is 4.90 Å². The molecule has 0 bridgehead atoms. The summed E-state index contributed by atoms with van der Waals surface area (Å²) in [6, 6.07) is 0. The normalized spacial score (nSPS) is 20.8. The lowest BCUT2D eigenvalue weighted by Gasteiger charge is -2.45. The number of ether oxygens (including phenoxy) is 2. The van der Waals surface area contributed by atoms with Gasteiger partial charge in [0.1, 0.15) is 0 Å². The smallest absolute Gasteiger partial charge is 0.242 e. The third-order valence-corrected chi connectivity index (χ3v) is 3.44. The zero-order chi connectivity index (χ0) is 13.8. The maximum Gasteiger partial charge on any atom is 0.242 e. The minimum atomic E-state index is -0.487. The molecule has 5 heteroatoms. The molecule has 5 nitrogen and oxygen atoms in total. The summed E-state index contributed by atoms with van der Waals surface area (Å²) in [7, 11) is 1.85. The SMILES string of the molecule is CCOC(CN1CCN(C)C(=O)C1(C)C)OCC. The van der Waals surface area contributed by atoms with Crippen LogP contribution >= 0.6 is 0 Å². The molecule has 1 heterocycles. The van der Waals surface area contributed by atoms with Gasteiger partial charge < -0.3 is 14.4 Å². The quantitative estimate of drug-likeness (QED) is 0.665. The van der Waals surface area contributed by atoms with Crippen LogP contribution in [0.25, 0.3) is 0 Å². The fraction of sp³-hybridized carbons (Fsp3) is 0.923. The highest BCUT2D eigenvalue weighted by molar-refractivity contribution is 5.86. The summed E-state index contributed by atoms with van der Waals surface area (Å²) >= 11 is 0. The minimum Gasteiger partial charge on any atom is -0.352 e. The number of carbonyl (C=O) groups is 1. The van der Waals surface area contributed by atoms with E-state index in [1.807, 2.05) is 34.7 Å². The Bertz CT molecular complexity index is 275. The first-order valence-corrected chi connectivity index (χ1v) is 6.67. The average molecular weight is 258 g/mol. The summed E-state index contributed by atoms with van der Waals surface area (Å²) in [4.78, 5) is 16.1. The predicted molar refractivity (Wildman–Crippen MR) is 70.3 cm³/mol. The van der Waals surface area contributed by atoms with Crippen LogP contribution < -0.4 is 0 Å². The molecular formula is C13H26N2O3. The van der Waals surface area contributed by atoms with Gasteiger partial charge in [-0.1, -0.05) is 0 Å². The van der Waals surface area contributed by atoms with Crippen molar-refractivity contribution in [1.29, 1.82) is 0 Å². The maximum atomic E-state index is 12.2. The van der Waals surface area contributed by atoms with Crippen molar-refractivity contribution >= 4 is 5.91 Å². The van der Waals surface area contributed by atoms with Gasteiger partial charge in [-0.15, -0.1) is 0 Å². The monoisotopic (exact) mass is 258 g/mol. The molecule has 1 amide bonds. The Kier molecular flexibility index (Phi) is 5.56. The number of amides is 1. The summed E-state index contributed by atoms with van der Waals surface area (Å²) in [5.74, 6) is 0.153. The number of hydrogen-bond acceptors (Lipinski definition) is 4. The molecule has 0 N–H and O–H groups in total. The van der Waals surface area contributed by atoms with Gasteiger partial charge >= 0.3 is 0 Å². The molecule has 0 unspecified atom stereocenters. The number of carbonyl (C=O) groups excluding carboxylic acids is 1. The summed E-state index contributed by atoms with van der Waals surface area (Å²) in [6.45, 7) is 11.3. The molecule has 18 heavy (non-hydrogen) atoms. The van der Waals surface area contributed by atoms with Crippen molar-refractivity contribution in [3.8, 4) is 0 Å². The number of likely N-dealkylation sites (N-methyl/N-ethyl adjacent to an activating group) is 1. The van der Waals surface area contributed by atoms with Crippen molar-refractivity contribution < 1.29 is 14.3 Å². The van der Waals surface area contributed by atoms with E-state index in [9.17, 15) is 4.79 Å². The molecule has 0 aliphatic carbocycles. The van der Waals surface area contributed by atoms with Crippen LogP contribution in [0.1, 0.15) is 27.7 Å². The third kappa shape index (κ3) is 3.43. The first-order valence-electron chi connectivity index (χ1n) is 6.67. The van der Waals surface area contributed by atoms with Gasteiger partial charge in [0.25, 0.3) is 0 Å². The topological polar surface area (TPSA) is 42.0 Å². The van der Waals surface area contributed by atoms with Crippen molar-refractivity contribution in [1.82, 2.24) is 9.80 Å². The maximum absolute atomic E-state index is 12.2. The molecule has 0 spiro atoms. The number of hydrogen-bond donors (Lipinski definition) is 0. The molecule has 0 aromatic rings. The van der Waals surface area contributed by atoms with E-state index in [4.69, 9.17) is 9.47 Å². The zero-order valence-electron chi connectivity index (χ0n) is 12.2. The van der Waals surface area contributed by atoms with E-state index in [0.29, 0.717) is 19.8 Å². The summed E-state index contributed by atoms with van der Waals surface area (Å²) in [5.41, 5.74) is -0.487. The van der Waals surface area contributed by atoms with Crippen LogP contribution in [-0.2, 0) is 14.3 Å². The Balaban J connectivity index is 2.67. The van der Waals surface area contributed by atoms with Gasteiger partial charge in [-0.25, -0.2) is 0 Å². The second-order valence-corrected chi connectivity index (χ2v) is 5.07. The molecule has 106 valence electrons. The van der Waals surface area contributed by atoms with Gasteiger partial charge in [0, 0.05) is 33.4 Å². The van der Waals surface area contributed by atoms with Gasteiger partial charge in [0.15, 0.2) is 6.29 Å². The molecular weight excluding hydrogens is 232 g/mol. The lowest BCUT2D eigenvalue weighted by atomic mass is 9.98. The second-order valence-electron chi connectivity index (χ2n) is 5.07. The Hall–Kier alpha value is -0.650. The van der Waals surface area contributed by atoms with Crippen molar-refractivity contribution in [3.05, 3.63) is 0 Å². The Morgan fingerprint density at radius 2 is 1.78 bits per heavy atom. The predicted octanol–water partition coefficient (Wildman–Crippen LogP) is 0.938.